The number of carbonyl (C=O) groups is 1. The van der Waals surface area contributed by atoms with Gasteiger partial charge in [-0.2, -0.15) is 10.1 Å². The van der Waals surface area contributed by atoms with Gasteiger partial charge in [-0.25, -0.2) is 9.97 Å². The third-order valence-corrected chi connectivity index (χ3v) is 5.42. The molecule has 5 heterocycles. The number of methoxy groups -OCH3 is 1. The molecule has 1 saturated heterocycles. The summed E-state index contributed by atoms with van der Waals surface area (Å²) in [6.07, 6.45) is 9.11. The minimum absolute atomic E-state index is 0.00640. The van der Waals surface area contributed by atoms with E-state index in [2.05, 4.69) is 30.2 Å². The Bertz CT molecular complexity index is 1250. The molecule has 33 heavy (non-hydrogen) atoms. The Morgan fingerprint density at radius 2 is 1.97 bits per heavy atom. The average molecular weight is 447 g/mol. The van der Waals surface area contributed by atoms with E-state index in [9.17, 15) is 4.79 Å². The molecule has 1 fully saturated rings. The third kappa shape index (κ3) is 4.41. The molecule has 5 rings (SSSR count). The maximum atomic E-state index is 12.5. The topological polar surface area (TPSA) is 151 Å². The standard InChI is InChI=1S/C21H21N9O3/c1-32-16-4-5-29(11-16)18(31)12-30-10-15(9-26-30)20-27-19(28-33-20)13-2-3-17(23-6-13)14-7-24-21(22)25-8-14/h2-3,6-10,16H,4-5,11-12H2,1H3,(H2,22,24,25). The van der Waals surface area contributed by atoms with Crippen LogP contribution in [0.1, 0.15) is 6.42 Å². The molecule has 2 N–H and O–H groups in total. The van der Waals surface area contributed by atoms with Gasteiger partial charge in [-0.15, -0.1) is 0 Å². The first-order valence-electron chi connectivity index (χ1n) is 10.3. The van der Waals surface area contributed by atoms with Gasteiger partial charge in [0.1, 0.15) is 6.54 Å². The van der Waals surface area contributed by atoms with E-state index in [1.165, 1.54) is 0 Å². The highest BCUT2D eigenvalue weighted by molar-refractivity contribution is 5.76. The van der Waals surface area contributed by atoms with Gasteiger partial charge in [0.15, 0.2) is 0 Å². The molecular formula is C21H21N9O3. The summed E-state index contributed by atoms with van der Waals surface area (Å²) in [5.74, 6) is 0.899. The van der Waals surface area contributed by atoms with Gasteiger partial charge in [0, 0.05) is 56.1 Å². The van der Waals surface area contributed by atoms with Crippen LogP contribution in [-0.2, 0) is 16.1 Å². The van der Waals surface area contributed by atoms with Gasteiger partial charge in [-0.05, 0) is 18.6 Å². The molecule has 0 radical (unpaired) electrons. The van der Waals surface area contributed by atoms with Crippen molar-refractivity contribution < 1.29 is 14.1 Å². The van der Waals surface area contributed by atoms with Crippen LogP contribution in [0, 0.1) is 0 Å². The fourth-order valence-corrected chi connectivity index (χ4v) is 3.57. The van der Waals surface area contributed by atoms with E-state index in [4.69, 9.17) is 15.0 Å². The summed E-state index contributed by atoms with van der Waals surface area (Å²) in [4.78, 5) is 31.1. The maximum Gasteiger partial charge on any atom is 0.261 e. The zero-order valence-corrected chi connectivity index (χ0v) is 17.8. The molecule has 0 spiro atoms. The maximum absolute atomic E-state index is 12.5. The number of rotatable bonds is 6. The van der Waals surface area contributed by atoms with Crippen LogP contribution >= 0.6 is 0 Å². The monoisotopic (exact) mass is 447 g/mol. The second-order valence-corrected chi connectivity index (χ2v) is 7.60. The van der Waals surface area contributed by atoms with Crippen molar-refractivity contribution in [2.24, 2.45) is 0 Å². The normalized spacial score (nSPS) is 15.8. The first kappa shape index (κ1) is 20.7. The van der Waals surface area contributed by atoms with Crippen molar-refractivity contribution in [3.63, 3.8) is 0 Å². The lowest BCUT2D eigenvalue weighted by atomic mass is 10.2. The van der Waals surface area contributed by atoms with Crippen LogP contribution in [0.15, 0.2) is 47.6 Å². The molecule has 0 aromatic carbocycles. The summed E-state index contributed by atoms with van der Waals surface area (Å²) in [5.41, 5.74) is 8.28. The lowest BCUT2D eigenvalue weighted by Gasteiger charge is -2.15. The molecule has 1 amide bonds. The van der Waals surface area contributed by atoms with Crippen LogP contribution in [0.5, 0.6) is 0 Å². The Morgan fingerprint density at radius 1 is 1.15 bits per heavy atom. The van der Waals surface area contributed by atoms with E-state index in [1.54, 1.807) is 47.7 Å². The van der Waals surface area contributed by atoms with E-state index in [0.717, 1.165) is 12.0 Å². The average Bonchev–Trinajstić information content (AvgIpc) is 3.60. The predicted molar refractivity (Wildman–Crippen MR) is 116 cm³/mol. The second-order valence-electron chi connectivity index (χ2n) is 7.60. The Labute approximate surface area is 188 Å². The van der Waals surface area contributed by atoms with Crippen molar-refractivity contribution in [1.82, 2.24) is 39.8 Å². The van der Waals surface area contributed by atoms with Crippen LogP contribution in [0.4, 0.5) is 5.95 Å². The third-order valence-electron chi connectivity index (χ3n) is 5.42. The quantitative estimate of drug-likeness (QED) is 0.457. The summed E-state index contributed by atoms with van der Waals surface area (Å²) in [7, 11) is 1.66. The Morgan fingerprint density at radius 3 is 2.70 bits per heavy atom. The van der Waals surface area contributed by atoms with E-state index in [-0.39, 0.29) is 24.5 Å². The number of nitrogen functional groups attached to an aromatic ring is 1. The molecule has 1 atom stereocenters. The summed E-state index contributed by atoms with van der Waals surface area (Å²) in [6.45, 7) is 1.43. The molecule has 0 saturated carbocycles. The summed E-state index contributed by atoms with van der Waals surface area (Å²) < 4.78 is 12.3. The molecule has 12 heteroatoms. The van der Waals surface area contributed by atoms with Crippen LogP contribution < -0.4 is 5.73 Å². The molecule has 1 unspecified atom stereocenters. The molecule has 1 aliphatic heterocycles. The molecule has 168 valence electrons. The second kappa shape index (κ2) is 8.74. The smallest absolute Gasteiger partial charge is 0.261 e. The van der Waals surface area contributed by atoms with E-state index >= 15 is 0 Å². The Hall–Kier alpha value is -4.19. The SMILES string of the molecule is COC1CCN(C(=O)Cn2cc(-c3nc(-c4ccc(-c5cnc(N)nc5)nc4)no3)cn2)C1. The predicted octanol–water partition coefficient (Wildman–Crippen LogP) is 1.28. The van der Waals surface area contributed by atoms with Crippen molar-refractivity contribution in [2.45, 2.75) is 19.1 Å². The number of pyridine rings is 1. The van der Waals surface area contributed by atoms with Crippen LogP contribution in [-0.4, -0.2) is 72.0 Å². The Balaban J connectivity index is 1.26. The van der Waals surface area contributed by atoms with Crippen molar-refractivity contribution in [3.05, 3.63) is 43.1 Å². The van der Waals surface area contributed by atoms with Crippen LogP contribution in [0.2, 0.25) is 0 Å². The van der Waals surface area contributed by atoms with E-state index in [0.29, 0.717) is 41.6 Å². The summed E-state index contributed by atoms with van der Waals surface area (Å²) in [5, 5.41) is 8.29. The van der Waals surface area contributed by atoms with E-state index in [1.807, 2.05) is 12.1 Å². The first-order valence-corrected chi connectivity index (χ1v) is 10.3. The largest absolute Gasteiger partial charge is 0.380 e. The zero-order valence-electron chi connectivity index (χ0n) is 17.8. The summed E-state index contributed by atoms with van der Waals surface area (Å²) >= 11 is 0. The van der Waals surface area contributed by atoms with Gasteiger partial charge in [-0.1, -0.05) is 5.16 Å². The number of hydrogen-bond donors (Lipinski definition) is 1. The van der Waals surface area contributed by atoms with Gasteiger partial charge in [0.05, 0.1) is 23.6 Å². The number of nitrogens with zero attached hydrogens (tertiary/aromatic N) is 8. The van der Waals surface area contributed by atoms with Gasteiger partial charge >= 0.3 is 0 Å². The van der Waals surface area contributed by atoms with Crippen LogP contribution in [0.25, 0.3) is 34.1 Å². The molecule has 4 aromatic heterocycles. The minimum atomic E-state index is -0.00640. The highest BCUT2D eigenvalue weighted by atomic mass is 16.5. The lowest BCUT2D eigenvalue weighted by Crippen LogP contribution is -2.32. The number of hydrogen-bond acceptors (Lipinski definition) is 10. The highest BCUT2D eigenvalue weighted by Gasteiger charge is 2.26. The van der Waals surface area contributed by atoms with Crippen molar-refractivity contribution >= 4 is 11.9 Å². The number of amides is 1. The number of likely N-dealkylation sites (tertiary alicyclic amines) is 1. The van der Waals surface area contributed by atoms with E-state index < -0.39 is 0 Å². The number of aromatic nitrogens is 7. The van der Waals surface area contributed by atoms with Gasteiger partial charge in [-0.3, -0.25) is 14.5 Å². The highest BCUT2D eigenvalue weighted by Crippen LogP contribution is 2.23. The van der Waals surface area contributed by atoms with Gasteiger partial charge < -0.3 is 19.9 Å². The lowest BCUT2D eigenvalue weighted by molar-refractivity contribution is -0.131. The zero-order chi connectivity index (χ0) is 22.8. The minimum Gasteiger partial charge on any atom is -0.380 e. The molecule has 4 aromatic rings. The number of ether oxygens (including phenoxy) is 1. The Kier molecular flexibility index (Phi) is 5.48. The number of carbonyl (C=O) groups excluding carboxylic acids is 1. The number of nitrogens with two attached hydrogens (primary N) is 1. The molecule has 0 aliphatic carbocycles. The summed E-state index contributed by atoms with van der Waals surface area (Å²) in [6, 6.07) is 3.65. The van der Waals surface area contributed by atoms with Crippen molar-refractivity contribution in [3.8, 4) is 34.1 Å². The molecule has 1 aliphatic rings. The van der Waals surface area contributed by atoms with Gasteiger partial charge in [0.25, 0.3) is 5.89 Å². The number of anilines is 1. The molecule has 0 bridgehead atoms. The van der Waals surface area contributed by atoms with Crippen LogP contribution in [0.3, 0.4) is 0 Å². The fraction of sp³-hybridized carbons (Fsp3) is 0.286. The van der Waals surface area contributed by atoms with Crippen molar-refractivity contribution in [1.29, 1.82) is 0 Å². The molecular weight excluding hydrogens is 426 g/mol. The first-order chi connectivity index (χ1) is 16.1. The van der Waals surface area contributed by atoms with Gasteiger partial charge in [0.2, 0.25) is 17.7 Å². The fourth-order valence-electron chi connectivity index (χ4n) is 3.57. The molecule has 12 nitrogen and oxygen atoms in total. The van der Waals surface area contributed by atoms with Crippen molar-refractivity contribution in [2.75, 3.05) is 25.9 Å².